The van der Waals surface area contributed by atoms with E-state index in [4.69, 9.17) is 10.5 Å². The summed E-state index contributed by atoms with van der Waals surface area (Å²) in [6.07, 6.45) is 5.66. The molecular formula is C21H30N4O4. The molecule has 0 bridgehead atoms. The van der Waals surface area contributed by atoms with E-state index in [1.807, 2.05) is 36.4 Å². The number of hydrogen-bond donors (Lipinski definition) is 4. The zero-order chi connectivity index (χ0) is 20.9. The van der Waals surface area contributed by atoms with Crippen LogP contribution in [0.25, 0.3) is 0 Å². The molecule has 1 heterocycles. The van der Waals surface area contributed by atoms with Gasteiger partial charge in [0, 0.05) is 13.0 Å². The Balaban J connectivity index is 2.16. The van der Waals surface area contributed by atoms with Crippen molar-refractivity contribution in [3.63, 3.8) is 0 Å². The van der Waals surface area contributed by atoms with Gasteiger partial charge in [-0.1, -0.05) is 42.5 Å². The smallest absolute Gasteiger partial charge is 0.408 e. The van der Waals surface area contributed by atoms with Crippen LogP contribution in [0.5, 0.6) is 0 Å². The summed E-state index contributed by atoms with van der Waals surface area (Å²) in [7, 11) is 0. The largest absolute Gasteiger partial charge is 0.445 e. The quantitative estimate of drug-likeness (QED) is 0.418. The molecule has 1 aliphatic heterocycles. The van der Waals surface area contributed by atoms with E-state index in [2.05, 4.69) is 16.0 Å². The van der Waals surface area contributed by atoms with Gasteiger partial charge in [-0.05, 0) is 37.8 Å². The highest BCUT2D eigenvalue weighted by Gasteiger charge is 2.27. The van der Waals surface area contributed by atoms with Gasteiger partial charge in [-0.3, -0.25) is 9.59 Å². The molecular weight excluding hydrogens is 372 g/mol. The van der Waals surface area contributed by atoms with Gasteiger partial charge in [0.1, 0.15) is 18.7 Å². The Bertz CT molecular complexity index is 693. The molecule has 2 rings (SSSR count). The Morgan fingerprint density at radius 3 is 2.52 bits per heavy atom. The van der Waals surface area contributed by atoms with E-state index in [-0.39, 0.29) is 12.5 Å². The van der Waals surface area contributed by atoms with Crippen LogP contribution >= 0.6 is 0 Å². The second kappa shape index (κ2) is 12.6. The number of amides is 3. The Morgan fingerprint density at radius 2 is 1.76 bits per heavy atom. The van der Waals surface area contributed by atoms with Crippen LogP contribution < -0.4 is 21.7 Å². The standard InChI is InChI=1S/C21H30N4O4/c22-12-6-5-11-17-20(27)24-18(15-16-9-3-1-4-10-16)19(26)23-13-7-2-8-14-29-21(28)25-17/h1-4,8-10,17-18H,5-7,11-15,22H2,(H,23,26)(H,24,27)(H,25,28)/b8-2-/t17-,18+/m0/s1. The number of rotatable bonds is 6. The van der Waals surface area contributed by atoms with Crippen molar-refractivity contribution < 1.29 is 19.1 Å². The van der Waals surface area contributed by atoms with E-state index in [0.29, 0.717) is 38.8 Å². The lowest BCUT2D eigenvalue weighted by molar-refractivity contribution is -0.130. The fourth-order valence-corrected chi connectivity index (χ4v) is 2.99. The average molecular weight is 402 g/mol. The third-order valence-electron chi connectivity index (χ3n) is 4.56. The van der Waals surface area contributed by atoms with Crippen molar-refractivity contribution >= 4 is 17.9 Å². The molecule has 1 aromatic rings. The number of ether oxygens (including phenoxy) is 1. The number of nitrogens with two attached hydrogens (primary N) is 1. The maximum atomic E-state index is 12.9. The van der Waals surface area contributed by atoms with Gasteiger partial charge in [0.15, 0.2) is 0 Å². The van der Waals surface area contributed by atoms with Crippen LogP contribution in [0.3, 0.4) is 0 Å². The van der Waals surface area contributed by atoms with Crippen LogP contribution in [-0.4, -0.2) is 49.7 Å². The van der Waals surface area contributed by atoms with Crippen LogP contribution in [0.1, 0.15) is 31.2 Å². The first-order valence-corrected chi connectivity index (χ1v) is 10.0. The number of nitrogens with one attached hydrogen (secondary N) is 3. The molecule has 0 spiro atoms. The number of carbonyl (C=O) groups excluding carboxylic acids is 3. The number of benzene rings is 1. The van der Waals surface area contributed by atoms with Crippen molar-refractivity contribution in [2.45, 2.75) is 44.2 Å². The number of hydrogen-bond acceptors (Lipinski definition) is 5. The Labute approximate surface area is 171 Å². The predicted molar refractivity (Wildman–Crippen MR) is 110 cm³/mol. The minimum atomic E-state index is -0.799. The number of cyclic esters (lactones) is 1. The lowest BCUT2D eigenvalue weighted by Gasteiger charge is -2.23. The molecule has 0 aromatic heterocycles. The van der Waals surface area contributed by atoms with Crippen molar-refractivity contribution in [1.29, 1.82) is 0 Å². The van der Waals surface area contributed by atoms with Gasteiger partial charge in [0.05, 0.1) is 0 Å². The van der Waals surface area contributed by atoms with Crippen LogP contribution in [0.4, 0.5) is 4.79 Å². The van der Waals surface area contributed by atoms with Gasteiger partial charge in [-0.2, -0.15) is 0 Å². The Kier molecular flexibility index (Phi) is 9.71. The fourth-order valence-electron chi connectivity index (χ4n) is 2.99. The van der Waals surface area contributed by atoms with Crippen LogP contribution in [0, 0.1) is 0 Å². The molecule has 1 aliphatic rings. The summed E-state index contributed by atoms with van der Waals surface area (Å²) in [5.41, 5.74) is 6.46. The molecule has 0 aliphatic carbocycles. The van der Waals surface area contributed by atoms with E-state index in [1.165, 1.54) is 0 Å². The van der Waals surface area contributed by atoms with Crippen molar-refractivity contribution in [1.82, 2.24) is 16.0 Å². The summed E-state index contributed by atoms with van der Waals surface area (Å²) in [6.45, 7) is 1.04. The minimum Gasteiger partial charge on any atom is -0.445 e. The molecule has 8 heteroatoms. The van der Waals surface area contributed by atoms with Crippen molar-refractivity contribution in [2.75, 3.05) is 19.7 Å². The SMILES string of the molecule is NCCCC[C@@H]1NC(=O)OC/C=C\CCNC(=O)[C@@H](Cc2ccccc2)NC1=O. The van der Waals surface area contributed by atoms with Gasteiger partial charge in [0.2, 0.25) is 11.8 Å². The van der Waals surface area contributed by atoms with Crippen molar-refractivity contribution in [3.05, 3.63) is 48.0 Å². The molecule has 0 unspecified atom stereocenters. The third-order valence-corrected chi connectivity index (χ3v) is 4.56. The molecule has 29 heavy (non-hydrogen) atoms. The number of alkyl carbamates (subject to hydrolysis) is 1. The molecule has 5 N–H and O–H groups in total. The maximum Gasteiger partial charge on any atom is 0.408 e. The summed E-state index contributed by atoms with van der Waals surface area (Å²) in [5, 5.41) is 8.25. The van der Waals surface area contributed by atoms with Crippen molar-refractivity contribution in [2.24, 2.45) is 5.73 Å². The zero-order valence-corrected chi connectivity index (χ0v) is 16.6. The topological polar surface area (TPSA) is 123 Å². The average Bonchev–Trinajstić information content (AvgIpc) is 2.72. The van der Waals surface area contributed by atoms with Gasteiger partial charge in [0.25, 0.3) is 0 Å². The molecule has 158 valence electrons. The van der Waals surface area contributed by atoms with E-state index < -0.39 is 24.1 Å². The lowest BCUT2D eigenvalue weighted by Crippen LogP contribution is -2.54. The minimum absolute atomic E-state index is 0.105. The summed E-state index contributed by atoms with van der Waals surface area (Å²) in [6, 6.07) is 7.93. The predicted octanol–water partition coefficient (Wildman–Crippen LogP) is 1.01. The summed E-state index contributed by atoms with van der Waals surface area (Å²) < 4.78 is 5.09. The Hall–Kier alpha value is -2.87. The fraction of sp³-hybridized carbons (Fsp3) is 0.476. The summed E-state index contributed by atoms with van der Waals surface area (Å²) in [4.78, 5) is 37.6. The van der Waals surface area contributed by atoms with Crippen LogP contribution in [0.2, 0.25) is 0 Å². The maximum absolute atomic E-state index is 12.9. The van der Waals surface area contributed by atoms with E-state index in [9.17, 15) is 14.4 Å². The van der Waals surface area contributed by atoms with Gasteiger partial charge < -0.3 is 26.4 Å². The van der Waals surface area contributed by atoms with E-state index in [0.717, 1.165) is 12.0 Å². The first-order chi connectivity index (χ1) is 14.1. The lowest BCUT2D eigenvalue weighted by atomic mass is 10.0. The van der Waals surface area contributed by atoms with Gasteiger partial charge in [-0.15, -0.1) is 0 Å². The second-order valence-electron chi connectivity index (χ2n) is 6.88. The van der Waals surface area contributed by atoms with Crippen molar-refractivity contribution in [3.8, 4) is 0 Å². The first-order valence-electron chi connectivity index (χ1n) is 10.0. The monoisotopic (exact) mass is 402 g/mol. The summed E-state index contributed by atoms with van der Waals surface area (Å²) >= 11 is 0. The van der Waals surface area contributed by atoms with Crippen LogP contribution in [0.15, 0.2) is 42.5 Å². The highest BCUT2D eigenvalue weighted by atomic mass is 16.5. The normalized spacial score (nSPS) is 22.4. The molecule has 8 nitrogen and oxygen atoms in total. The molecule has 1 aromatic carbocycles. The van der Waals surface area contributed by atoms with Gasteiger partial charge in [-0.25, -0.2) is 4.79 Å². The second-order valence-corrected chi connectivity index (χ2v) is 6.88. The van der Waals surface area contributed by atoms with E-state index >= 15 is 0 Å². The number of carbonyl (C=O) groups is 3. The highest BCUT2D eigenvalue weighted by Crippen LogP contribution is 2.07. The Morgan fingerprint density at radius 1 is 0.966 bits per heavy atom. The molecule has 0 saturated carbocycles. The molecule has 3 amide bonds. The highest BCUT2D eigenvalue weighted by molar-refractivity contribution is 5.91. The molecule has 2 atom stereocenters. The molecule has 0 radical (unpaired) electrons. The van der Waals surface area contributed by atoms with E-state index in [1.54, 1.807) is 6.08 Å². The third kappa shape index (κ3) is 8.35. The first kappa shape index (κ1) is 22.4. The van der Waals surface area contributed by atoms with Crippen LogP contribution in [-0.2, 0) is 20.7 Å². The zero-order valence-electron chi connectivity index (χ0n) is 16.6. The molecule has 0 saturated heterocycles. The molecule has 0 fully saturated rings. The van der Waals surface area contributed by atoms with Gasteiger partial charge >= 0.3 is 6.09 Å². The number of unbranched alkanes of at least 4 members (excludes halogenated alkanes) is 1. The summed E-state index contributed by atoms with van der Waals surface area (Å²) in [5.74, 6) is -0.668.